The van der Waals surface area contributed by atoms with E-state index in [-0.39, 0.29) is 19.3 Å². The first-order valence-corrected chi connectivity index (χ1v) is 7.93. The van der Waals surface area contributed by atoms with Crippen molar-refractivity contribution in [3.63, 3.8) is 0 Å². The van der Waals surface area contributed by atoms with Gasteiger partial charge in [-0.15, -0.1) is 6.58 Å². The molecule has 4 heteroatoms. The fourth-order valence-corrected chi connectivity index (χ4v) is 1.97. The highest BCUT2D eigenvalue weighted by atomic mass is 16.6. The second-order valence-corrected chi connectivity index (χ2v) is 5.10. The van der Waals surface area contributed by atoms with E-state index in [1.165, 1.54) is 18.4 Å². The van der Waals surface area contributed by atoms with Crippen LogP contribution in [-0.2, 0) is 15.9 Å². The lowest BCUT2D eigenvalue weighted by Gasteiger charge is -2.18. The molecule has 124 valence electrons. The predicted octanol–water partition coefficient (Wildman–Crippen LogP) is 2.99. The zero-order valence-corrected chi connectivity index (χ0v) is 13.5. The number of ether oxygens (including phenoxy) is 3. The molecule has 1 atom stereocenters. The third kappa shape index (κ3) is 8.17. The van der Waals surface area contributed by atoms with Crippen molar-refractivity contribution in [3.05, 3.63) is 42.5 Å². The van der Waals surface area contributed by atoms with Gasteiger partial charge in [0, 0.05) is 0 Å². The Labute approximate surface area is 133 Å². The molecular formula is C18H28O4. The summed E-state index contributed by atoms with van der Waals surface area (Å²) in [5.74, 6) is 0.821. The number of aryl methyl sites for hydroxylation is 1. The fraction of sp³-hybridized carbons (Fsp3) is 0.556. The molecule has 0 amide bonds. The first-order valence-electron chi connectivity index (χ1n) is 7.93. The Hall–Kier alpha value is -1.36. The van der Waals surface area contributed by atoms with Crippen LogP contribution in [-0.4, -0.2) is 44.2 Å². The Morgan fingerprint density at radius 3 is 2.64 bits per heavy atom. The number of aliphatic hydroxyl groups excluding tert-OH is 1. The van der Waals surface area contributed by atoms with Gasteiger partial charge >= 0.3 is 0 Å². The minimum Gasteiger partial charge on any atom is -0.491 e. The van der Waals surface area contributed by atoms with Crippen molar-refractivity contribution in [2.24, 2.45) is 0 Å². The summed E-state index contributed by atoms with van der Waals surface area (Å²) in [4.78, 5) is 0. The molecule has 1 aromatic carbocycles. The van der Waals surface area contributed by atoms with E-state index in [1.807, 2.05) is 12.1 Å². The van der Waals surface area contributed by atoms with Crippen molar-refractivity contribution < 1.29 is 19.3 Å². The smallest absolute Gasteiger partial charge is 0.119 e. The van der Waals surface area contributed by atoms with Crippen molar-refractivity contribution in [2.75, 3.05) is 33.0 Å². The van der Waals surface area contributed by atoms with E-state index < -0.39 is 0 Å². The maximum Gasteiger partial charge on any atom is 0.119 e. The van der Waals surface area contributed by atoms with Crippen molar-refractivity contribution in [1.82, 2.24) is 0 Å². The van der Waals surface area contributed by atoms with Crippen molar-refractivity contribution in [1.29, 1.82) is 0 Å². The zero-order valence-electron chi connectivity index (χ0n) is 13.5. The minimum atomic E-state index is -0.202. The summed E-state index contributed by atoms with van der Waals surface area (Å²) < 4.78 is 16.6. The zero-order chi connectivity index (χ0) is 16.0. The number of hydrogen-bond acceptors (Lipinski definition) is 4. The molecule has 0 aliphatic carbocycles. The van der Waals surface area contributed by atoms with Gasteiger partial charge in [-0.2, -0.15) is 0 Å². The maximum absolute atomic E-state index is 8.85. The van der Waals surface area contributed by atoms with E-state index in [9.17, 15) is 0 Å². The topological polar surface area (TPSA) is 47.9 Å². The highest BCUT2D eigenvalue weighted by Gasteiger charge is 2.10. The standard InChI is InChI=1S/C18H28O4/c1-3-5-6-16-7-9-17(10-8-16)22-15-18(21-13-11-19)14-20-12-4-2/h4,7-10,18-19H,2-3,5-6,11-15H2,1H3. The molecule has 1 unspecified atom stereocenters. The SMILES string of the molecule is C=CCOCC(COc1ccc(CCCC)cc1)OCCO. The molecule has 0 saturated carbocycles. The number of hydrogen-bond donors (Lipinski definition) is 1. The van der Waals surface area contributed by atoms with Gasteiger partial charge in [-0.05, 0) is 30.5 Å². The molecule has 0 aliphatic rings. The van der Waals surface area contributed by atoms with Crippen LogP contribution < -0.4 is 4.74 Å². The normalized spacial score (nSPS) is 12.1. The van der Waals surface area contributed by atoms with Gasteiger partial charge in [0.05, 0.1) is 26.4 Å². The minimum absolute atomic E-state index is 0.00984. The van der Waals surface area contributed by atoms with Gasteiger partial charge in [0.25, 0.3) is 0 Å². The summed E-state index contributed by atoms with van der Waals surface area (Å²) in [6, 6.07) is 8.17. The number of aliphatic hydroxyl groups is 1. The van der Waals surface area contributed by atoms with Crippen molar-refractivity contribution in [2.45, 2.75) is 32.3 Å². The Kier molecular flexibility index (Phi) is 10.4. The van der Waals surface area contributed by atoms with E-state index in [0.717, 1.165) is 12.2 Å². The van der Waals surface area contributed by atoms with Gasteiger partial charge in [0.2, 0.25) is 0 Å². The summed E-state index contributed by atoms with van der Waals surface area (Å²) >= 11 is 0. The Morgan fingerprint density at radius 2 is 2.00 bits per heavy atom. The second kappa shape index (κ2) is 12.2. The number of unbranched alkanes of at least 4 members (excludes halogenated alkanes) is 1. The fourth-order valence-electron chi connectivity index (χ4n) is 1.97. The molecule has 0 bridgehead atoms. The lowest BCUT2D eigenvalue weighted by atomic mass is 10.1. The quantitative estimate of drug-likeness (QED) is 0.449. The van der Waals surface area contributed by atoms with Crippen LogP contribution in [0.1, 0.15) is 25.3 Å². The lowest BCUT2D eigenvalue weighted by Crippen LogP contribution is -2.28. The summed E-state index contributed by atoms with van der Waals surface area (Å²) in [6.07, 6.45) is 5.00. The van der Waals surface area contributed by atoms with Gasteiger partial charge < -0.3 is 19.3 Å². The number of rotatable bonds is 13. The molecule has 0 spiro atoms. The molecule has 1 N–H and O–H groups in total. The van der Waals surface area contributed by atoms with Crippen LogP contribution in [0.4, 0.5) is 0 Å². The molecule has 1 aromatic rings. The van der Waals surface area contributed by atoms with E-state index in [2.05, 4.69) is 25.6 Å². The van der Waals surface area contributed by atoms with Gasteiger partial charge in [-0.25, -0.2) is 0 Å². The van der Waals surface area contributed by atoms with Crippen LogP contribution in [0.15, 0.2) is 36.9 Å². The molecule has 1 rings (SSSR count). The van der Waals surface area contributed by atoms with E-state index in [0.29, 0.717) is 19.8 Å². The van der Waals surface area contributed by atoms with Crippen molar-refractivity contribution in [3.8, 4) is 5.75 Å². The predicted molar refractivity (Wildman–Crippen MR) is 88.4 cm³/mol. The van der Waals surface area contributed by atoms with Gasteiger partial charge in [0.15, 0.2) is 0 Å². The van der Waals surface area contributed by atoms with Crippen LogP contribution in [0.5, 0.6) is 5.75 Å². The Morgan fingerprint density at radius 1 is 1.23 bits per heavy atom. The Bertz CT molecular complexity index is 389. The molecule has 0 aromatic heterocycles. The summed E-state index contributed by atoms with van der Waals surface area (Å²) in [6.45, 7) is 7.36. The van der Waals surface area contributed by atoms with Crippen LogP contribution in [0.2, 0.25) is 0 Å². The second-order valence-electron chi connectivity index (χ2n) is 5.10. The molecule has 22 heavy (non-hydrogen) atoms. The largest absolute Gasteiger partial charge is 0.491 e. The first-order chi connectivity index (χ1) is 10.8. The van der Waals surface area contributed by atoms with Gasteiger partial charge in [0.1, 0.15) is 18.5 Å². The van der Waals surface area contributed by atoms with Gasteiger partial charge in [-0.3, -0.25) is 0 Å². The molecule has 0 heterocycles. The van der Waals surface area contributed by atoms with Crippen LogP contribution in [0.3, 0.4) is 0 Å². The van der Waals surface area contributed by atoms with E-state index in [1.54, 1.807) is 6.08 Å². The number of benzene rings is 1. The average Bonchev–Trinajstić information content (AvgIpc) is 2.56. The van der Waals surface area contributed by atoms with Crippen LogP contribution in [0.25, 0.3) is 0 Å². The van der Waals surface area contributed by atoms with E-state index >= 15 is 0 Å². The summed E-state index contributed by atoms with van der Waals surface area (Å²) in [7, 11) is 0. The lowest BCUT2D eigenvalue weighted by molar-refractivity contribution is -0.0418. The van der Waals surface area contributed by atoms with Crippen molar-refractivity contribution >= 4 is 0 Å². The maximum atomic E-state index is 8.85. The molecule has 4 nitrogen and oxygen atoms in total. The molecule has 0 aliphatic heterocycles. The Balaban J connectivity index is 2.39. The van der Waals surface area contributed by atoms with Gasteiger partial charge in [-0.1, -0.05) is 31.6 Å². The average molecular weight is 308 g/mol. The monoisotopic (exact) mass is 308 g/mol. The third-order valence-electron chi connectivity index (χ3n) is 3.16. The highest BCUT2D eigenvalue weighted by Crippen LogP contribution is 2.14. The van der Waals surface area contributed by atoms with Crippen LogP contribution >= 0.6 is 0 Å². The highest BCUT2D eigenvalue weighted by molar-refractivity contribution is 5.27. The third-order valence-corrected chi connectivity index (χ3v) is 3.16. The summed E-state index contributed by atoms with van der Waals surface area (Å²) in [5, 5.41) is 8.85. The first kappa shape index (κ1) is 18.7. The molecule has 0 saturated heterocycles. The summed E-state index contributed by atoms with van der Waals surface area (Å²) in [5.41, 5.74) is 1.33. The van der Waals surface area contributed by atoms with E-state index in [4.69, 9.17) is 19.3 Å². The van der Waals surface area contributed by atoms with Crippen LogP contribution in [0, 0.1) is 0 Å². The molecule has 0 radical (unpaired) electrons. The molecular weight excluding hydrogens is 280 g/mol. The molecule has 0 fully saturated rings.